The van der Waals surface area contributed by atoms with Gasteiger partial charge in [0.25, 0.3) is 0 Å². The third kappa shape index (κ3) is 4.48. The molecule has 2 spiro atoms. The van der Waals surface area contributed by atoms with Crippen molar-refractivity contribution >= 4 is 17.8 Å². The van der Waals surface area contributed by atoms with E-state index in [0.717, 1.165) is 83.5 Å². The predicted octanol–water partition coefficient (Wildman–Crippen LogP) is 3.84. The van der Waals surface area contributed by atoms with Gasteiger partial charge in [0.2, 0.25) is 0 Å². The summed E-state index contributed by atoms with van der Waals surface area (Å²) < 4.78 is 39.5. The van der Waals surface area contributed by atoms with Gasteiger partial charge in [0.05, 0.1) is 6.04 Å². The molecule has 1 aromatic carbocycles. The van der Waals surface area contributed by atoms with Crippen LogP contribution in [0.5, 0.6) is 0 Å². The minimum atomic E-state index is -4.27. The third-order valence-electron chi connectivity index (χ3n) is 9.09. The van der Waals surface area contributed by atoms with Crippen molar-refractivity contribution < 1.29 is 23.1 Å². The number of nitrogens with zero attached hydrogens (tertiary/aromatic N) is 6. The highest BCUT2D eigenvalue weighted by atomic mass is 32.2. The standard InChI is InChI=1S/C26H31F3N6O2S/c27-26(28,29)38-20-3-1-18(2-4-20)11-32-8-7-23(12-32)13-33(14-23)22(36)34-15-24(16-34)9-19(10-24)35-17-30-21(31-35)25(37)5-6-25/h1-4,17,19,37H,5-16H2. The molecule has 0 unspecified atom stereocenters. The van der Waals surface area contributed by atoms with E-state index >= 15 is 0 Å². The van der Waals surface area contributed by atoms with Crippen LogP contribution in [-0.2, 0) is 12.1 Å². The molecule has 5 fully saturated rings. The van der Waals surface area contributed by atoms with E-state index in [-0.39, 0.29) is 33.5 Å². The summed E-state index contributed by atoms with van der Waals surface area (Å²) in [6.45, 7) is 5.72. The van der Waals surface area contributed by atoms with Crippen molar-refractivity contribution in [1.29, 1.82) is 0 Å². The Kier molecular flexibility index (Phi) is 5.43. The largest absolute Gasteiger partial charge is 0.446 e. The zero-order valence-corrected chi connectivity index (χ0v) is 21.8. The molecule has 204 valence electrons. The molecule has 3 aliphatic heterocycles. The van der Waals surface area contributed by atoms with Crippen LogP contribution in [0.3, 0.4) is 0 Å². The normalized spacial score (nSPS) is 25.4. The van der Waals surface area contributed by atoms with Crippen molar-refractivity contribution in [1.82, 2.24) is 29.5 Å². The number of urea groups is 1. The van der Waals surface area contributed by atoms with Gasteiger partial charge >= 0.3 is 11.5 Å². The summed E-state index contributed by atoms with van der Waals surface area (Å²) in [4.78, 5) is 23.8. The topological polar surface area (TPSA) is 77.7 Å². The Hall–Kier alpha value is -2.31. The highest BCUT2D eigenvalue weighted by Gasteiger charge is 2.57. The number of halogens is 3. The number of carbonyl (C=O) groups excluding carboxylic acids is 1. The number of alkyl halides is 3. The molecule has 8 nitrogen and oxygen atoms in total. The van der Waals surface area contributed by atoms with Crippen LogP contribution in [-0.4, -0.2) is 85.4 Å². The Morgan fingerprint density at radius 1 is 1.00 bits per heavy atom. The number of aromatic nitrogens is 3. The van der Waals surface area contributed by atoms with E-state index in [1.165, 1.54) is 12.1 Å². The number of benzene rings is 1. The molecule has 2 saturated carbocycles. The highest BCUT2D eigenvalue weighted by Crippen LogP contribution is 2.55. The van der Waals surface area contributed by atoms with Gasteiger partial charge < -0.3 is 14.9 Å². The van der Waals surface area contributed by atoms with Gasteiger partial charge in [0, 0.05) is 55.0 Å². The minimum absolute atomic E-state index is 0.0857. The van der Waals surface area contributed by atoms with Gasteiger partial charge in [-0.25, -0.2) is 14.5 Å². The van der Waals surface area contributed by atoms with E-state index < -0.39 is 11.1 Å². The maximum absolute atomic E-state index is 13.1. The summed E-state index contributed by atoms with van der Waals surface area (Å²) in [6.07, 6.45) is 6.23. The number of likely N-dealkylation sites (tertiary alicyclic amines) is 3. The Morgan fingerprint density at radius 2 is 1.66 bits per heavy atom. The Labute approximate surface area is 223 Å². The predicted molar refractivity (Wildman–Crippen MR) is 133 cm³/mol. The van der Waals surface area contributed by atoms with Crippen LogP contribution >= 0.6 is 11.8 Å². The molecule has 1 aromatic heterocycles. The summed E-state index contributed by atoms with van der Waals surface area (Å²) in [7, 11) is 0. The van der Waals surface area contributed by atoms with Crippen LogP contribution in [0.25, 0.3) is 0 Å². The summed E-state index contributed by atoms with van der Waals surface area (Å²) >= 11 is -0.0857. The van der Waals surface area contributed by atoms with E-state index in [4.69, 9.17) is 0 Å². The Morgan fingerprint density at radius 3 is 2.29 bits per heavy atom. The second-order valence-corrected chi connectivity index (χ2v) is 13.4. The average molecular weight is 549 g/mol. The lowest BCUT2D eigenvalue weighted by Crippen LogP contribution is -2.69. The molecule has 4 heterocycles. The molecule has 0 atom stereocenters. The monoisotopic (exact) mass is 548 g/mol. The Bertz CT molecular complexity index is 1230. The van der Waals surface area contributed by atoms with Crippen LogP contribution in [0, 0.1) is 10.8 Å². The van der Waals surface area contributed by atoms with Crippen molar-refractivity contribution in [2.75, 3.05) is 39.3 Å². The van der Waals surface area contributed by atoms with Gasteiger partial charge in [-0.2, -0.15) is 18.3 Å². The van der Waals surface area contributed by atoms with Gasteiger partial charge in [0.1, 0.15) is 11.9 Å². The molecule has 2 aromatic rings. The van der Waals surface area contributed by atoms with E-state index in [1.807, 2.05) is 14.5 Å². The fourth-order valence-electron chi connectivity index (χ4n) is 6.86. The quantitative estimate of drug-likeness (QED) is 0.573. The van der Waals surface area contributed by atoms with Crippen LogP contribution in [0.4, 0.5) is 18.0 Å². The second kappa shape index (κ2) is 8.34. The van der Waals surface area contributed by atoms with E-state index in [2.05, 4.69) is 15.0 Å². The summed E-state index contributed by atoms with van der Waals surface area (Å²) in [5, 5.41) is 14.7. The lowest BCUT2D eigenvalue weighted by atomic mass is 9.60. The van der Waals surface area contributed by atoms with Gasteiger partial charge in [-0.1, -0.05) is 12.1 Å². The van der Waals surface area contributed by atoms with E-state index in [9.17, 15) is 23.1 Å². The molecule has 0 radical (unpaired) electrons. The maximum Gasteiger partial charge on any atom is 0.446 e. The number of amides is 2. The lowest BCUT2D eigenvalue weighted by molar-refractivity contribution is -0.0843. The van der Waals surface area contributed by atoms with Gasteiger partial charge in [-0.3, -0.25) is 4.90 Å². The van der Waals surface area contributed by atoms with Crippen molar-refractivity contribution in [2.24, 2.45) is 10.8 Å². The van der Waals surface area contributed by atoms with Crippen molar-refractivity contribution in [3.63, 3.8) is 0 Å². The van der Waals surface area contributed by atoms with E-state index in [0.29, 0.717) is 11.9 Å². The summed E-state index contributed by atoms with van der Waals surface area (Å²) in [6, 6.07) is 7.06. The highest BCUT2D eigenvalue weighted by molar-refractivity contribution is 8.00. The maximum atomic E-state index is 13.1. The zero-order chi connectivity index (χ0) is 26.3. The van der Waals surface area contributed by atoms with Crippen molar-refractivity contribution in [2.45, 2.75) is 60.7 Å². The van der Waals surface area contributed by atoms with E-state index in [1.54, 1.807) is 18.5 Å². The first-order chi connectivity index (χ1) is 18.0. The molecule has 7 rings (SSSR count). The number of rotatable bonds is 5. The number of hydrogen-bond donors (Lipinski definition) is 1. The number of thioether (sulfide) groups is 1. The molecule has 5 aliphatic rings. The molecule has 3 saturated heterocycles. The molecular weight excluding hydrogens is 517 g/mol. The molecule has 38 heavy (non-hydrogen) atoms. The smallest absolute Gasteiger partial charge is 0.382 e. The molecule has 2 aliphatic carbocycles. The van der Waals surface area contributed by atoms with Gasteiger partial charge in [0.15, 0.2) is 5.82 Å². The van der Waals surface area contributed by atoms with Crippen LogP contribution < -0.4 is 0 Å². The first kappa shape index (κ1) is 24.7. The third-order valence-corrected chi connectivity index (χ3v) is 9.83. The van der Waals surface area contributed by atoms with Crippen LogP contribution in [0.15, 0.2) is 35.5 Å². The van der Waals surface area contributed by atoms with Gasteiger partial charge in [-0.05, 0) is 68.1 Å². The second-order valence-electron chi connectivity index (χ2n) is 12.3. The average Bonchev–Trinajstić information content (AvgIpc) is 3.18. The first-order valence-electron chi connectivity index (χ1n) is 13.3. The van der Waals surface area contributed by atoms with Crippen LogP contribution in [0.2, 0.25) is 0 Å². The fraction of sp³-hybridized carbons (Fsp3) is 0.654. The zero-order valence-electron chi connectivity index (χ0n) is 21.0. The number of carbonyl (C=O) groups is 1. The molecule has 0 bridgehead atoms. The van der Waals surface area contributed by atoms with Crippen LogP contribution in [0.1, 0.15) is 49.5 Å². The number of aliphatic hydroxyl groups is 1. The lowest BCUT2D eigenvalue weighted by Gasteiger charge is -2.60. The molecular formula is C26H31F3N6O2S. The Balaban J connectivity index is 0.849. The SMILES string of the molecule is O=C(N1CC2(CC(n3cnc(C4(O)CC4)n3)C2)C1)N1CC2(CCN(Cc3ccc(SC(F)(F)F)cc3)C2)C1. The fourth-order valence-corrected chi connectivity index (χ4v) is 7.40. The summed E-state index contributed by atoms with van der Waals surface area (Å²) in [5.74, 6) is 0.541. The molecule has 12 heteroatoms. The van der Waals surface area contributed by atoms with Crippen molar-refractivity contribution in [3.05, 3.63) is 42.0 Å². The van der Waals surface area contributed by atoms with Crippen molar-refractivity contribution in [3.8, 4) is 0 Å². The number of hydrogen-bond acceptors (Lipinski definition) is 6. The summed E-state index contributed by atoms with van der Waals surface area (Å²) in [5.41, 5.74) is -3.72. The first-order valence-corrected chi connectivity index (χ1v) is 14.1. The molecule has 2 amide bonds. The molecule has 1 N–H and O–H groups in total. The van der Waals surface area contributed by atoms with Gasteiger partial charge in [-0.15, -0.1) is 0 Å². The minimum Gasteiger partial charge on any atom is -0.382 e.